The van der Waals surface area contributed by atoms with Crippen molar-refractivity contribution in [2.75, 3.05) is 6.61 Å². The molecule has 0 aromatic carbocycles. The van der Waals surface area contributed by atoms with E-state index >= 15 is 0 Å². The van der Waals surface area contributed by atoms with Gasteiger partial charge in [-0.25, -0.2) is 0 Å². The average molecular weight is 157 g/mol. The summed E-state index contributed by atoms with van der Waals surface area (Å²) in [4.78, 5) is 0. The zero-order chi connectivity index (χ0) is 8.48. The van der Waals surface area contributed by atoms with E-state index in [0.717, 1.165) is 6.42 Å². The van der Waals surface area contributed by atoms with Crippen molar-refractivity contribution in [1.29, 1.82) is 0 Å². The Morgan fingerprint density at radius 3 is 2.27 bits per heavy atom. The van der Waals surface area contributed by atoms with Gasteiger partial charge in [0.15, 0.2) is 0 Å². The van der Waals surface area contributed by atoms with Gasteiger partial charge in [0.25, 0.3) is 0 Å². The van der Waals surface area contributed by atoms with Crippen LogP contribution in [-0.2, 0) is 0 Å². The second-order valence-electron chi connectivity index (χ2n) is 4.54. The highest BCUT2D eigenvalue weighted by atomic mass is 16.3. The fourth-order valence-electron chi connectivity index (χ4n) is 1.65. The fourth-order valence-corrected chi connectivity index (χ4v) is 1.65. The first-order valence-corrected chi connectivity index (χ1v) is 4.41. The molecule has 0 bridgehead atoms. The second-order valence-corrected chi connectivity index (χ2v) is 4.54. The lowest BCUT2D eigenvalue weighted by molar-refractivity contribution is 0.231. The van der Waals surface area contributed by atoms with E-state index in [-0.39, 0.29) is 6.61 Å². The second kappa shape index (κ2) is 3.11. The molecular weight excluding hydrogens is 138 g/mol. The van der Waals surface area contributed by atoms with Gasteiger partial charge in [0, 0.05) is 12.1 Å². The van der Waals surface area contributed by atoms with Crippen LogP contribution in [0.1, 0.15) is 33.6 Å². The largest absolute Gasteiger partial charge is 0.395 e. The summed E-state index contributed by atoms with van der Waals surface area (Å²) in [7, 11) is 0. The third-order valence-corrected chi connectivity index (χ3v) is 2.51. The van der Waals surface area contributed by atoms with E-state index in [4.69, 9.17) is 5.11 Å². The highest BCUT2D eigenvalue weighted by molar-refractivity contribution is 4.90. The molecule has 1 fully saturated rings. The van der Waals surface area contributed by atoms with Crippen LogP contribution in [-0.4, -0.2) is 23.8 Å². The van der Waals surface area contributed by atoms with Gasteiger partial charge in [0.05, 0.1) is 6.61 Å². The Labute approximate surface area is 69.0 Å². The lowest BCUT2D eigenvalue weighted by atomic mass is 9.86. The summed E-state index contributed by atoms with van der Waals surface area (Å²) in [5.41, 5.74) is 0.337. The monoisotopic (exact) mass is 157 g/mol. The Hall–Kier alpha value is -0.0800. The van der Waals surface area contributed by atoms with Gasteiger partial charge in [-0.15, -0.1) is 0 Å². The molecule has 2 atom stereocenters. The van der Waals surface area contributed by atoms with Crippen molar-refractivity contribution < 1.29 is 5.11 Å². The van der Waals surface area contributed by atoms with Gasteiger partial charge in [0.1, 0.15) is 0 Å². The van der Waals surface area contributed by atoms with Crippen LogP contribution in [0.15, 0.2) is 0 Å². The van der Waals surface area contributed by atoms with Crippen LogP contribution in [0.4, 0.5) is 0 Å². The summed E-state index contributed by atoms with van der Waals surface area (Å²) in [6.07, 6.45) is 2.33. The van der Waals surface area contributed by atoms with Crippen molar-refractivity contribution in [3.63, 3.8) is 0 Å². The molecule has 2 nitrogen and oxygen atoms in total. The van der Waals surface area contributed by atoms with E-state index in [0.29, 0.717) is 17.5 Å². The molecule has 2 N–H and O–H groups in total. The van der Waals surface area contributed by atoms with Crippen molar-refractivity contribution in [3.8, 4) is 0 Å². The van der Waals surface area contributed by atoms with Crippen LogP contribution >= 0.6 is 0 Å². The van der Waals surface area contributed by atoms with E-state index in [1.165, 1.54) is 6.42 Å². The van der Waals surface area contributed by atoms with Crippen molar-refractivity contribution in [2.45, 2.75) is 45.7 Å². The predicted molar refractivity (Wildman–Crippen MR) is 46.5 cm³/mol. The van der Waals surface area contributed by atoms with E-state index in [1.807, 2.05) is 0 Å². The van der Waals surface area contributed by atoms with Crippen molar-refractivity contribution in [1.82, 2.24) is 5.32 Å². The first-order chi connectivity index (χ1) is 5.04. The molecule has 1 saturated heterocycles. The van der Waals surface area contributed by atoms with Crippen LogP contribution in [0.25, 0.3) is 0 Å². The topological polar surface area (TPSA) is 32.3 Å². The number of hydrogen-bond donors (Lipinski definition) is 2. The molecule has 1 aliphatic rings. The van der Waals surface area contributed by atoms with Crippen LogP contribution in [0.5, 0.6) is 0 Å². The molecule has 0 aromatic heterocycles. The maximum absolute atomic E-state index is 8.89. The van der Waals surface area contributed by atoms with E-state index in [9.17, 15) is 0 Å². The Kier molecular flexibility index (Phi) is 2.55. The first-order valence-electron chi connectivity index (χ1n) is 4.41. The summed E-state index contributed by atoms with van der Waals surface area (Å²) in [6.45, 7) is 7.01. The molecule has 0 amide bonds. The van der Waals surface area contributed by atoms with Crippen molar-refractivity contribution >= 4 is 0 Å². The van der Waals surface area contributed by atoms with Gasteiger partial charge in [-0.05, 0) is 18.3 Å². The molecule has 0 unspecified atom stereocenters. The summed E-state index contributed by atoms with van der Waals surface area (Å²) in [5.74, 6) is 0. The Balaban J connectivity index is 2.42. The Morgan fingerprint density at radius 2 is 2.00 bits per heavy atom. The molecule has 0 saturated carbocycles. The first kappa shape index (κ1) is 9.01. The smallest absolute Gasteiger partial charge is 0.0584 e. The number of aliphatic hydroxyl groups is 1. The molecule has 2 heteroatoms. The molecule has 11 heavy (non-hydrogen) atoms. The zero-order valence-corrected chi connectivity index (χ0v) is 7.72. The molecule has 0 spiro atoms. The van der Waals surface area contributed by atoms with E-state index < -0.39 is 0 Å². The van der Waals surface area contributed by atoms with Gasteiger partial charge in [0.2, 0.25) is 0 Å². The highest BCUT2D eigenvalue weighted by Crippen LogP contribution is 2.27. The van der Waals surface area contributed by atoms with Crippen LogP contribution in [0.3, 0.4) is 0 Å². The van der Waals surface area contributed by atoms with Gasteiger partial charge in [-0.2, -0.15) is 0 Å². The summed E-state index contributed by atoms with van der Waals surface area (Å²) in [6, 6.07) is 0.930. The predicted octanol–water partition coefficient (Wildman–Crippen LogP) is 1.15. The standard InChI is InChI=1S/C9H19NO/c1-9(2,3)8-5-4-7(6-11)10-8/h7-8,10-11H,4-6H2,1-3H3/t7-,8-/m0/s1. The maximum Gasteiger partial charge on any atom is 0.0584 e. The lowest BCUT2D eigenvalue weighted by Gasteiger charge is -2.27. The zero-order valence-electron chi connectivity index (χ0n) is 7.72. The summed E-state index contributed by atoms with van der Waals surface area (Å²) >= 11 is 0. The van der Waals surface area contributed by atoms with Crippen LogP contribution < -0.4 is 5.32 Å². The minimum Gasteiger partial charge on any atom is -0.395 e. The van der Waals surface area contributed by atoms with E-state index in [1.54, 1.807) is 0 Å². The molecule has 0 radical (unpaired) electrons. The summed E-state index contributed by atoms with van der Waals surface area (Å²) in [5, 5.41) is 12.3. The van der Waals surface area contributed by atoms with Gasteiger partial charge < -0.3 is 10.4 Å². The van der Waals surface area contributed by atoms with Gasteiger partial charge >= 0.3 is 0 Å². The molecule has 1 rings (SSSR count). The van der Waals surface area contributed by atoms with Crippen LogP contribution in [0, 0.1) is 5.41 Å². The number of rotatable bonds is 1. The lowest BCUT2D eigenvalue weighted by Crippen LogP contribution is -2.39. The minimum absolute atomic E-state index is 0.284. The number of hydrogen-bond acceptors (Lipinski definition) is 2. The quantitative estimate of drug-likeness (QED) is 0.598. The number of nitrogens with one attached hydrogen (secondary N) is 1. The third-order valence-electron chi connectivity index (χ3n) is 2.51. The highest BCUT2D eigenvalue weighted by Gasteiger charge is 2.31. The van der Waals surface area contributed by atoms with E-state index in [2.05, 4.69) is 26.1 Å². The van der Waals surface area contributed by atoms with Crippen LogP contribution in [0.2, 0.25) is 0 Å². The minimum atomic E-state index is 0.284. The Bertz CT molecular complexity index is 128. The molecule has 66 valence electrons. The van der Waals surface area contributed by atoms with Gasteiger partial charge in [-0.1, -0.05) is 20.8 Å². The molecule has 1 heterocycles. The Morgan fingerprint density at radius 1 is 1.36 bits per heavy atom. The van der Waals surface area contributed by atoms with Gasteiger partial charge in [-0.3, -0.25) is 0 Å². The van der Waals surface area contributed by atoms with Crippen molar-refractivity contribution in [2.24, 2.45) is 5.41 Å². The maximum atomic E-state index is 8.89. The molecule has 0 aromatic rings. The number of aliphatic hydroxyl groups excluding tert-OH is 1. The van der Waals surface area contributed by atoms with Crippen molar-refractivity contribution in [3.05, 3.63) is 0 Å². The summed E-state index contributed by atoms with van der Waals surface area (Å²) < 4.78 is 0. The fraction of sp³-hybridized carbons (Fsp3) is 1.00. The molecule has 1 aliphatic heterocycles. The SMILES string of the molecule is CC(C)(C)[C@@H]1CC[C@@H](CO)N1. The average Bonchev–Trinajstić information content (AvgIpc) is 2.32. The molecular formula is C9H19NO. The normalized spacial score (nSPS) is 32.7. The third kappa shape index (κ3) is 2.17. The molecule has 0 aliphatic carbocycles.